The molecule has 1 saturated heterocycles. The van der Waals surface area contributed by atoms with Gasteiger partial charge in [0.05, 0.1) is 5.56 Å². The highest BCUT2D eigenvalue weighted by molar-refractivity contribution is 5.77. The van der Waals surface area contributed by atoms with Crippen molar-refractivity contribution in [3.63, 3.8) is 0 Å². The number of nitrogens with zero attached hydrogens (tertiary/aromatic N) is 3. The highest BCUT2D eigenvalue weighted by atomic mass is 19.1. The topological polar surface area (TPSA) is 81.1 Å². The smallest absolute Gasteiger partial charge is 0.268 e. The van der Waals surface area contributed by atoms with Gasteiger partial charge < -0.3 is 15.4 Å². The number of benzene rings is 2. The van der Waals surface area contributed by atoms with E-state index < -0.39 is 5.82 Å². The van der Waals surface area contributed by atoms with E-state index in [-0.39, 0.29) is 22.9 Å². The summed E-state index contributed by atoms with van der Waals surface area (Å²) in [6, 6.07) is 16.2. The lowest BCUT2D eigenvalue weighted by Crippen LogP contribution is -2.28. The fourth-order valence-corrected chi connectivity index (χ4v) is 5.71. The number of hydrogen-bond acceptors (Lipinski definition) is 6. The van der Waals surface area contributed by atoms with Gasteiger partial charge in [-0.05, 0) is 92.9 Å². The molecule has 2 aromatic heterocycles. The molecule has 0 atom stereocenters. The fourth-order valence-electron chi connectivity index (χ4n) is 5.71. The van der Waals surface area contributed by atoms with Gasteiger partial charge in [0.25, 0.3) is 5.56 Å². The predicted molar refractivity (Wildman–Crippen MR) is 154 cm³/mol. The van der Waals surface area contributed by atoms with Crippen molar-refractivity contribution in [2.45, 2.75) is 51.0 Å². The highest BCUT2D eigenvalue weighted by Crippen LogP contribution is 2.31. The van der Waals surface area contributed by atoms with Crippen molar-refractivity contribution in [1.82, 2.24) is 19.9 Å². The predicted octanol–water partition coefficient (Wildman–Crippen LogP) is 5.72. The van der Waals surface area contributed by atoms with Crippen molar-refractivity contribution in [2.75, 3.05) is 18.4 Å². The molecule has 1 aliphatic carbocycles. The number of anilines is 2. The molecule has 6 rings (SSSR count). The van der Waals surface area contributed by atoms with E-state index >= 15 is 0 Å². The van der Waals surface area contributed by atoms with Crippen LogP contribution in [0.25, 0.3) is 11.0 Å². The number of ether oxygens (including phenoxy) is 1. The van der Waals surface area contributed by atoms with Crippen LogP contribution in [0.3, 0.4) is 0 Å². The Morgan fingerprint density at radius 2 is 1.82 bits per heavy atom. The molecule has 40 heavy (non-hydrogen) atoms. The average molecular weight is 538 g/mol. The summed E-state index contributed by atoms with van der Waals surface area (Å²) in [6.07, 6.45) is 11.7. The number of pyridine rings is 1. The summed E-state index contributed by atoms with van der Waals surface area (Å²) in [4.78, 5) is 22.9. The Morgan fingerprint density at radius 3 is 2.60 bits per heavy atom. The summed E-state index contributed by atoms with van der Waals surface area (Å²) >= 11 is 0. The molecule has 1 saturated carbocycles. The van der Waals surface area contributed by atoms with Crippen LogP contribution in [-0.4, -0.2) is 27.6 Å². The van der Waals surface area contributed by atoms with Crippen LogP contribution in [0.1, 0.15) is 55.7 Å². The molecular weight excluding hydrogens is 505 g/mol. The lowest BCUT2D eigenvalue weighted by atomic mass is 9.91. The minimum absolute atomic E-state index is 0.0188. The van der Waals surface area contributed by atoms with Gasteiger partial charge >= 0.3 is 0 Å². The van der Waals surface area contributed by atoms with E-state index in [9.17, 15) is 9.18 Å². The molecule has 8 heteroatoms. The summed E-state index contributed by atoms with van der Waals surface area (Å²) in [5, 5.41) is 7.44. The second kappa shape index (κ2) is 11.9. The van der Waals surface area contributed by atoms with Crippen LogP contribution in [0.4, 0.5) is 16.0 Å². The normalized spacial score (nSPS) is 16.0. The van der Waals surface area contributed by atoms with Gasteiger partial charge in [-0.1, -0.05) is 37.1 Å². The number of fused-ring (bicyclic) bond motifs is 1. The van der Waals surface area contributed by atoms with Gasteiger partial charge in [-0.2, -0.15) is 4.98 Å². The SMILES string of the molecule is O=c1c(C#COc2ccccc2F)cc2cnc(Nc3ccc(CC4CCNCC4)cc3)nc2n1C1CCCC1. The largest absolute Gasteiger partial charge is 0.404 e. The number of rotatable bonds is 6. The Bertz CT molecular complexity index is 1610. The first kappa shape index (κ1) is 26.0. The van der Waals surface area contributed by atoms with Crippen LogP contribution in [0.15, 0.2) is 65.6 Å². The van der Waals surface area contributed by atoms with Crippen molar-refractivity contribution in [2.24, 2.45) is 5.92 Å². The van der Waals surface area contributed by atoms with Crippen molar-refractivity contribution in [1.29, 1.82) is 0 Å². The zero-order chi connectivity index (χ0) is 27.3. The monoisotopic (exact) mass is 537 g/mol. The van der Waals surface area contributed by atoms with Crippen LogP contribution in [0, 0.1) is 23.8 Å². The van der Waals surface area contributed by atoms with Crippen molar-refractivity contribution >= 4 is 22.7 Å². The third-order valence-corrected chi connectivity index (χ3v) is 7.84. The number of hydrogen-bond donors (Lipinski definition) is 2. The Kier molecular flexibility index (Phi) is 7.73. The Balaban J connectivity index is 1.26. The summed E-state index contributed by atoms with van der Waals surface area (Å²) < 4.78 is 20.9. The van der Waals surface area contributed by atoms with Crippen LogP contribution >= 0.6 is 0 Å². The van der Waals surface area contributed by atoms with Gasteiger partial charge in [0.2, 0.25) is 5.95 Å². The summed E-state index contributed by atoms with van der Waals surface area (Å²) in [5.41, 5.74) is 2.85. The molecule has 0 unspecified atom stereocenters. The lowest BCUT2D eigenvalue weighted by molar-refractivity contribution is 0.372. The maximum atomic E-state index is 13.9. The van der Waals surface area contributed by atoms with Crippen molar-refractivity contribution < 1.29 is 9.13 Å². The maximum Gasteiger partial charge on any atom is 0.268 e. The summed E-state index contributed by atoms with van der Waals surface area (Å²) in [7, 11) is 0. The number of nitrogens with one attached hydrogen (secondary N) is 2. The molecule has 1 aliphatic heterocycles. The lowest BCUT2D eigenvalue weighted by Gasteiger charge is -2.22. The van der Waals surface area contributed by atoms with Gasteiger partial charge in [-0.15, -0.1) is 0 Å². The Hall–Kier alpha value is -4.22. The van der Waals surface area contributed by atoms with E-state index in [1.165, 1.54) is 30.5 Å². The van der Waals surface area contributed by atoms with Crippen LogP contribution in [-0.2, 0) is 6.42 Å². The van der Waals surface area contributed by atoms with E-state index in [1.807, 2.05) is 0 Å². The molecule has 7 nitrogen and oxygen atoms in total. The molecule has 0 radical (unpaired) electrons. The molecule has 2 N–H and O–H groups in total. The standard InChI is InChI=1S/C32H32FN5O2/c33-28-7-3-4-8-29(28)40-18-15-24-20-25-21-35-32(37-30(25)38(31(24)39)27-5-1-2-6-27)36-26-11-9-22(10-12-26)19-23-13-16-34-17-14-23/h3-4,7-12,20-21,23,27,34H,1-2,5-6,13-14,16-17,19H2,(H,35,36,37). The zero-order valence-corrected chi connectivity index (χ0v) is 22.3. The first-order chi connectivity index (χ1) is 19.6. The van der Waals surface area contributed by atoms with Gasteiger partial charge in [0.1, 0.15) is 11.8 Å². The molecule has 4 aromatic rings. The van der Waals surface area contributed by atoms with E-state index in [4.69, 9.17) is 9.72 Å². The molecule has 3 heterocycles. The first-order valence-electron chi connectivity index (χ1n) is 14.1. The van der Waals surface area contributed by atoms with E-state index in [2.05, 4.69) is 51.9 Å². The van der Waals surface area contributed by atoms with Gasteiger partial charge in [-0.3, -0.25) is 9.36 Å². The Labute approximate surface area is 232 Å². The summed E-state index contributed by atoms with van der Waals surface area (Å²) in [5.74, 6) is 3.46. The molecule has 2 aromatic carbocycles. The molecule has 0 amide bonds. The minimum Gasteiger partial charge on any atom is -0.404 e. The third-order valence-electron chi connectivity index (χ3n) is 7.84. The molecule has 2 aliphatic rings. The third kappa shape index (κ3) is 5.85. The van der Waals surface area contributed by atoms with E-state index in [0.29, 0.717) is 17.0 Å². The quantitative estimate of drug-likeness (QED) is 0.306. The first-order valence-corrected chi connectivity index (χ1v) is 14.1. The van der Waals surface area contributed by atoms with Crippen LogP contribution in [0.2, 0.25) is 0 Å². The number of halogens is 1. The highest BCUT2D eigenvalue weighted by Gasteiger charge is 2.22. The van der Waals surface area contributed by atoms with Crippen molar-refractivity contribution in [3.8, 4) is 17.8 Å². The average Bonchev–Trinajstić information content (AvgIpc) is 3.51. The van der Waals surface area contributed by atoms with Gasteiger partial charge in [0, 0.05) is 23.3 Å². The Morgan fingerprint density at radius 1 is 1.05 bits per heavy atom. The second-order valence-corrected chi connectivity index (χ2v) is 10.6. The van der Waals surface area contributed by atoms with E-state index in [0.717, 1.165) is 56.8 Å². The van der Waals surface area contributed by atoms with Crippen LogP contribution < -0.4 is 20.9 Å². The minimum atomic E-state index is -0.511. The van der Waals surface area contributed by atoms with Crippen molar-refractivity contribution in [3.05, 3.63) is 88.1 Å². The molecular formula is C32H32FN5O2. The maximum absolute atomic E-state index is 13.9. The van der Waals surface area contributed by atoms with Gasteiger partial charge in [-0.25, -0.2) is 9.37 Å². The molecule has 204 valence electrons. The van der Waals surface area contributed by atoms with E-state index in [1.54, 1.807) is 29.0 Å². The zero-order valence-electron chi connectivity index (χ0n) is 22.3. The fraction of sp³-hybridized carbons (Fsp3) is 0.344. The number of para-hydroxylation sites is 1. The van der Waals surface area contributed by atoms with Gasteiger partial charge in [0.15, 0.2) is 11.6 Å². The molecule has 0 spiro atoms. The molecule has 0 bridgehead atoms. The second-order valence-electron chi connectivity index (χ2n) is 10.6. The molecule has 2 fully saturated rings. The van der Waals surface area contributed by atoms with Crippen LogP contribution in [0.5, 0.6) is 5.75 Å². The number of aromatic nitrogens is 3. The summed E-state index contributed by atoms with van der Waals surface area (Å²) in [6.45, 7) is 2.20. The number of piperidine rings is 1.